The van der Waals surface area contributed by atoms with Gasteiger partial charge in [-0.25, -0.2) is 0 Å². The van der Waals surface area contributed by atoms with Crippen molar-refractivity contribution in [3.05, 3.63) is 52.5 Å². The van der Waals surface area contributed by atoms with Crippen molar-refractivity contribution in [1.29, 1.82) is 0 Å². The number of para-hydroxylation sites is 2. The molecule has 0 aliphatic heterocycles. The van der Waals surface area contributed by atoms with Crippen LogP contribution in [0.1, 0.15) is 0 Å². The maximum atomic E-state index is 5.93. The van der Waals surface area contributed by atoms with Crippen LogP contribution < -0.4 is 15.4 Å². The number of methoxy groups -OCH3 is 1. The van der Waals surface area contributed by atoms with Crippen LogP contribution in [-0.2, 0) is 0 Å². The van der Waals surface area contributed by atoms with E-state index in [1.54, 1.807) is 25.3 Å². The molecule has 20 heavy (non-hydrogen) atoms. The van der Waals surface area contributed by atoms with E-state index < -0.39 is 0 Å². The predicted molar refractivity (Wildman–Crippen MR) is 89.3 cm³/mol. The fourth-order valence-electron chi connectivity index (χ4n) is 1.66. The molecular weight excluding hydrogens is 315 g/mol. The van der Waals surface area contributed by atoms with E-state index in [9.17, 15) is 0 Å². The molecule has 0 saturated carbocycles. The van der Waals surface area contributed by atoms with Gasteiger partial charge in [-0.05, 0) is 42.5 Å². The minimum Gasteiger partial charge on any atom is -0.495 e. The first kappa shape index (κ1) is 14.9. The van der Waals surface area contributed by atoms with Crippen molar-refractivity contribution in [3.63, 3.8) is 0 Å². The van der Waals surface area contributed by atoms with Crippen molar-refractivity contribution in [1.82, 2.24) is 0 Å². The summed E-state index contributed by atoms with van der Waals surface area (Å²) in [6.45, 7) is 0. The number of rotatable bonds is 3. The summed E-state index contributed by atoms with van der Waals surface area (Å²) in [5, 5.41) is 7.58. The molecule has 0 aliphatic carbocycles. The molecule has 0 bridgehead atoms. The second kappa shape index (κ2) is 6.79. The number of halogens is 2. The molecule has 0 atom stereocenters. The molecule has 104 valence electrons. The summed E-state index contributed by atoms with van der Waals surface area (Å²) < 4.78 is 5.24. The summed E-state index contributed by atoms with van der Waals surface area (Å²) in [4.78, 5) is 0. The van der Waals surface area contributed by atoms with Gasteiger partial charge in [0.15, 0.2) is 5.11 Å². The Kier molecular flexibility index (Phi) is 5.06. The Balaban J connectivity index is 2.09. The molecule has 0 unspecified atom stereocenters. The van der Waals surface area contributed by atoms with Crippen molar-refractivity contribution in [2.45, 2.75) is 0 Å². The Bertz CT molecular complexity index is 614. The van der Waals surface area contributed by atoms with Crippen LogP contribution in [-0.4, -0.2) is 12.2 Å². The average Bonchev–Trinajstić information content (AvgIpc) is 2.37. The van der Waals surface area contributed by atoms with Gasteiger partial charge in [0.1, 0.15) is 5.75 Å². The molecule has 0 aliphatic rings. The van der Waals surface area contributed by atoms with Crippen molar-refractivity contribution >= 4 is 51.9 Å². The van der Waals surface area contributed by atoms with E-state index in [1.807, 2.05) is 24.3 Å². The molecule has 0 amide bonds. The van der Waals surface area contributed by atoms with Crippen LogP contribution in [0.3, 0.4) is 0 Å². The molecule has 0 spiro atoms. The second-order valence-electron chi connectivity index (χ2n) is 3.94. The maximum Gasteiger partial charge on any atom is 0.175 e. The highest BCUT2D eigenvalue weighted by Gasteiger charge is 2.05. The minimum atomic E-state index is 0.424. The van der Waals surface area contributed by atoms with Gasteiger partial charge in [-0.3, -0.25) is 0 Å². The van der Waals surface area contributed by atoms with E-state index in [4.69, 9.17) is 40.2 Å². The van der Waals surface area contributed by atoms with Gasteiger partial charge in [-0.15, -0.1) is 0 Å². The van der Waals surface area contributed by atoms with Crippen LogP contribution in [0.4, 0.5) is 11.4 Å². The van der Waals surface area contributed by atoms with Gasteiger partial charge in [-0.1, -0.05) is 35.3 Å². The van der Waals surface area contributed by atoms with Crippen LogP contribution in [0.25, 0.3) is 0 Å². The normalized spacial score (nSPS) is 9.95. The topological polar surface area (TPSA) is 33.3 Å². The van der Waals surface area contributed by atoms with E-state index in [1.165, 1.54) is 0 Å². The molecule has 0 heterocycles. The molecule has 0 saturated heterocycles. The highest BCUT2D eigenvalue weighted by Crippen LogP contribution is 2.25. The Morgan fingerprint density at radius 3 is 2.35 bits per heavy atom. The van der Waals surface area contributed by atoms with Gasteiger partial charge in [0.05, 0.1) is 12.8 Å². The van der Waals surface area contributed by atoms with E-state index >= 15 is 0 Å². The monoisotopic (exact) mass is 326 g/mol. The number of thiocarbonyl (C=S) groups is 1. The third-order valence-electron chi connectivity index (χ3n) is 2.48. The molecule has 2 aromatic carbocycles. The fourth-order valence-corrected chi connectivity index (χ4v) is 2.41. The van der Waals surface area contributed by atoms with Gasteiger partial charge in [0, 0.05) is 15.7 Å². The van der Waals surface area contributed by atoms with Gasteiger partial charge in [0.25, 0.3) is 0 Å². The highest BCUT2D eigenvalue weighted by molar-refractivity contribution is 7.80. The number of nitrogens with one attached hydrogen (secondary N) is 2. The Labute approximate surface area is 132 Å². The molecule has 0 aromatic heterocycles. The van der Waals surface area contributed by atoms with Crippen molar-refractivity contribution in [2.75, 3.05) is 17.7 Å². The number of hydrogen-bond donors (Lipinski definition) is 2. The van der Waals surface area contributed by atoms with E-state index in [-0.39, 0.29) is 0 Å². The van der Waals surface area contributed by atoms with Crippen molar-refractivity contribution < 1.29 is 4.74 Å². The summed E-state index contributed by atoms with van der Waals surface area (Å²) in [6.07, 6.45) is 0. The molecular formula is C14H12Cl2N2OS. The second-order valence-corrected chi connectivity index (χ2v) is 5.22. The van der Waals surface area contributed by atoms with Crippen LogP contribution >= 0.6 is 35.4 Å². The SMILES string of the molecule is COc1ccccc1NC(=S)Nc1cc(Cl)cc(Cl)c1. The molecule has 2 rings (SSSR count). The standard InChI is InChI=1S/C14H12Cl2N2OS/c1-19-13-5-3-2-4-12(13)18-14(20)17-11-7-9(15)6-10(16)8-11/h2-8H,1H3,(H2,17,18,20). The first-order chi connectivity index (χ1) is 9.58. The number of ether oxygens (including phenoxy) is 1. The van der Waals surface area contributed by atoms with Gasteiger partial charge in [0.2, 0.25) is 0 Å². The van der Waals surface area contributed by atoms with Crippen LogP contribution in [0.15, 0.2) is 42.5 Å². The molecule has 2 N–H and O–H groups in total. The smallest absolute Gasteiger partial charge is 0.175 e. The lowest BCUT2D eigenvalue weighted by Gasteiger charge is -2.13. The zero-order chi connectivity index (χ0) is 14.5. The zero-order valence-corrected chi connectivity index (χ0v) is 12.9. The van der Waals surface area contributed by atoms with Gasteiger partial charge >= 0.3 is 0 Å². The van der Waals surface area contributed by atoms with Crippen molar-refractivity contribution in [2.24, 2.45) is 0 Å². The zero-order valence-electron chi connectivity index (χ0n) is 10.6. The maximum absolute atomic E-state index is 5.93. The average molecular weight is 327 g/mol. The van der Waals surface area contributed by atoms with Crippen LogP contribution in [0, 0.1) is 0 Å². The predicted octanol–water partition coefficient (Wildman–Crippen LogP) is 4.81. The summed E-state index contributed by atoms with van der Waals surface area (Å²) in [7, 11) is 1.60. The van der Waals surface area contributed by atoms with Crippen molar-refractivity contribution in [3.8, 4) is 5.75 Å². The summed E-state index contributed by atoms with van der Waals surface area (Å²) in [5.41, 5.74) is 1.50. The lowest BCUT2D eigenvalue weighted by Crippen LogP contribution is -2.19. The third-order valence-corrected chi connectivity index (χ3v) is 3.12. The molecule has 0 radical (unpaired) electrons. The lowest BCUT2D eigenvalue weighted by molar-refractivity contribution is 0.417. The number of anilines is 2. The van der Waals surface area contributed by atoms with Crippen LogP contribution in [0.2, 0.25) is 10.0 Å². The van der Waals surface area contributed by atoms with E-state index in [2.05, 4.69) is 10.6 Å². The van der Waals surface area contributed by atoms with E-state index in [0.717, 1.165) is 11.4 Å². The number of hydrogen-bond acceptors (Lipinski definition) is 2. The van der Waals surface area contributed by atoms with E-state index in [0.29, 0.717) is 20.9 Å². The van der Waals surface area contributed by atoms with Gasteiger partial charge < -0.3 is 15.4 Å². The first-order valence-corrected chi connectivity index (χ1v) is 6.92. The lowest BCUT2D eigenvalue weighted by atomic mass is 10.3. The van der Waals surface area contributed by atoms with Crippen LogP contribution in [0.5, 0.6) is 5.75 Å². The highest BCUT2D eigenvalue weighted by atomic mass is 35.5. The Hall–Kier alpha value is -1.49. The molecule has 3 nitrogen and oxygen atoms in total. The Morgan fingerprint density at radius 1 is 1.05 bits per heavy atom. The quantitative estimate of drug-likeness (QED) is 0.793. The summed E-state index contributed by atoms with van der Waals surface area (Å²) in [6, 6.07) is 12.6. The largest absolute Gasteiger partial charge is 0.495 e. The third kappa shape index (κ3) is 4.00. The summed E-state index contributed by atoms with van der Waals surface area (Å²) >= 11 is 17.1. The Morgan fingerprint density at radius 2 is 1.70 bits per heavy atom. The fraction of sp³-hybridized carbons (Fsp3) is 0.0714. The van der Waals surface area contributed by atoms with Gasteiger partial charge in [-0.2, -0.15) is 0 Å². The number of benzene rings is 2. The molecule has 6 heteroatoms. The first-order valence-electron chi connectivity index (χ1n) is 5.75. The summed E-state index contributed by atoms with van der Waals surface area (Å²) in [5.74, 6) is 0.709. The minimum absolute atomic E-state index is 0.424. The molecule has 2 aromatic rings. The molecule has 0 fully saturated rings.